The van der Waals surface area contributed by atoms with E-state index in [1.54, 1.807) is 7.11 Å². The van der Waals surface area contributed by atoms with E-state index in [1.807, 2.05) is 25.1 Å². The van der Waals surface area contributed by atoms with Gasteiger partial charge in [0.25, 0.3) is 0 Å². The van der Waals surface area contributed by atoms with Crippen LogP contribution in [0, 0.1) is 6.92 Å². The fourth-order valence-electron chi connectivity index (χ4n) is 2.26. The lowest BCUT2D eigenvalue weighted by Gasteiger charge is -2.15. The lowest BCUT2D eigenvalue weighted by atomic mass is 10.1. The molecule has 0 unspecified atom stereocenters. The van der Waals surface area contributed by atoms with Crippen LogP contribution in [0.25, 0.3) is 11.0 Å². The number of ether oxygens (including phenoxy) is 1. The summed E-state index contributed by atoms with van der Waals surface area (Å²) in [4.78, 5) is 0. The number of para-hydroxylation sites is 1. The Morgan fingerprint density at radius 2 is 2.11 bits per heavy atom. The first kappa shape index (κ1) is 14.1. The Bertz CT molecular complexity index is 535. The topological polar surface area (TPSA) is 54.6 Å². The molecule has 1 aromatic heterocycles. The second kappa shape index (κ2) is 6.19. The van der Waals surface area contributed by atoms with Crippen LogP contribution in [-0.2, 0) is 4.74 Å². The van der Waals surface area contributed by atoms with Crippen molar-refractivity contribution in [2.45, 2.75) is 26.0 Å². The maximum absolute atomic E-state index is 9.64. The average molecular weight is 263 g/mol. The fourth-order valence-corrected chi connectivity index (χ4v) is 2.26. The third-order valence-electron chi connectivity index (χ3n) is 3.29. The summed E-state index contributed by atoms with van der Waals surface area (Å²) in [7, 11) is 1.58. The Morgan fingerprint density at radius 1 is 1.37 bits per heavy atom. The number of aryl methyl sites for hydroxylation is 1. The predicted molar refractivity (Wildman–Crippen MR) is 75.3 cm³/mol. The van der Waals surface area contributed by atoms with E-state index in [9.17, 15) is 5.11 Å². The van der Waals surface area contributed by atoms with Crippen LogP contribution in [0.3, 0.4) is 0 Å². The molecule has 0 fully saturated rings. The van der Waals surface area contributed by atoms with Gasteiger partial charge >= 0.3 is 0 Å². The Labute approximate surface area is 113 Å². The van der Waals surface area contributed by atoms with Gasteiger partial charge in [0.2, 0.25) is 0 Å². The average Bonchev–Trinajstić information content (AvgIpc) is 2.74. The van der Waals surface area contributed by atoms with Crippen LogP contribution in [0.2, 0.25) is 0 Å². The first-order chi connectivity index (χ1) is 9.13. The number of methoxy groups -OCH3 is 1. The Hall–Kier alpha value is -1.36. The molecule has 2 N–H and O–H groups in total. The molecular weight excluding hydrogens is 242 g/mol. The number of benzene rings is 1. The van der Waals surface area contributed by atoms with E-state index in [0.717, 1.165) is 22.3 Å². The van der Waals surface area contributed by atoms with E-state index in [0.29, 0.717) is 13.2 Å². The summed E-state index contributed by atoms with van der Waals surface area (Å²) in [6.45, 7) is 4.90. The quantitative estimate of drug-likeness (QED) is 0.840. The molecular formula is C15H21NO3. The molecule has 0 spiro atoms. The molecule has 4 heteroatoms. The number of aliphatic hydroxyl groups is 1. The number of furan rings is 1. The van der Waals surface area contributed by atoms with Crippen LogP contribution in [0.15, 0.2) is 28.7 Å². The zero-order chi connectivity index (χ0) is 13.8. The molecule has 1 heterocycles. The van der Waals surface area contributed by atoms with Gasteiger partial charge in [-0.1, -0.05) is 18.2 Å². The molecule has 1 aromatic carbocycles. The lowest BCUT2D eigenvalue weighted by molar-refractivity contribution is 0.0626. The van der Waals surface area contributed by atoms with Crippen molar-refractivity contribution < 1.29 is 14.3 Å². The zero-order valence-electron chi connectivity index (χ0n) is 11.6. The van der Waals surface area contributed by atoms with E-state index in [2.05, 4.69) is 18.3 Å². The zero-order valence-corrected chi connectivity index (χ0v) is 11.6. The molecule has 0 amide bonds. The number of fused-ring (bicyclic) bond motifs is 1. The van der Waals surface area contributed by atoms with Crippen LogP contribution < -0.4 is 5.32 Å². The molecule has 0 saturated heterocycles. The van der Waals surface area contributed by atoms with Gasteiger partial charge in [0.05, 0.1) is 18.8 Å². The summed E-state index contributed by atoms with van der Waals surface area (Å²) in [6, 6.07) is 8.06. The van der Waals surface area contributed by atoms with Crippen molar-refractivity contribution in [3.63, 3.8) is 0 Å². The molecule has 0 aliphatic rings. The van der Waals surface area contributed by atoms with E-state index < -0.39 is 6.10 Å². The molecule has 4 nitrogen and oxygen atoms in total. The Morgan fingerprint density at radius 3 is 2.79 bits per heavy atom. The number of nitrogens with one attached hydrogen (secondary N) is 1. The third kappa shape index (κ3) is 3.15. The van der Waals surface area contributed by atoms with Crippen molar-refractivity contribution in [2.75, 3.05) is 20.3 Å². The van der Waals surface area contributed by atoms with E-state index in [-0.39, 0.29) is 6.04 Å². The minimum Gasteiger partial charge on any atom is -0.459 e. The van der Waals surface area contributed by atoms with Gasteiger partial charge in [-0.25, -0.2) is 0 Å². The molecule has 0 bridgehead atoms. The van der Waals surface area contributed by atoms with Gasteiger partial charge < -0.3 is 19.6 Å². The molecule has 2 aromatic rings. The SMILES string of the molecule is COC[C@@H](O)CN[C@H](C)c1oc2ccccc2c1C. The smallest absolute Gasteiger partial charge is 0.134 e. The van der Waals surface area contributed by atoms with Crippen molar-refractivity contribution in [3.8, 4) is 0 Å². The third-order valence-corrected chi connectivity index (χ3v) is 3.29. The van der Waals surface area contributed by atoms with Crippen molar-refractivity contribution in [1.29, 1.82) is 0 Å². The highest BCUT2D eigenvalue weighted by Crippen LogP contribution is 2.28. The highest BCUT2D eigenvalue weighted by molar-refractivity contribution is 5.82. The van der Waals surface area contributed by atoms with Gasteiger partial charge in [0, 0.05) is 19.0 Å². The maximum atomic E-state index is 9.64. The standard InChI is InChI=1S/C15H21NO3/c1-10-13-6-4-5-7-14(13)19-15(10)11(2)16-8-12(17)9-18-3/h4-7,11-12,16-17H,8-9H2,1-3H3/t11-,12+/m1/s1. The lowest BCUT2D eigenvalue weighted by Crippen LogP contribution is -2.31. The van der Waals surface area contributed by atoms with Crippen LogP contribution in [0.1, 0.15) is 24.3 Å². The molecule has 0 saturated carbocycles. The predicted octanol–water partition coefficient (Wildman–Crippen LogP) is 2.40. The van der Waals surface area contributed by atoms with Gasteiger partial charge in [-0.3, -0.25) is 0 Å². The van der Waals surface area contributed by atoms with Crippen molar-refractivity contribution in [2.24, 2.45) is 0 Å². The first-order valence-electron chi connectivity index (χ1n) is 6.52. The molecule has 0 aliphatic carbocycles. The van der Waals surface area contributed by atoms with E-state index >= 15 is 0 Å². The molecule has 0 aliphatic heterocycles. The van der Waals surface area contributed by atoms with Crippen LogP contribution >= 0.6 is 0 Å². The van der Waals surface area contributed by atoms with Crippen LogP contribution in [0.4, 0.5) is 0 Å². The number of rotatable bonds is 6. The highest BCUT2D eigenvalue weighted by atomic mass is 16.5. The molecule has 104 valence electrons. The Balaban J connectivity index is 2.09. The summed E-state index contributed by atoms with van der Waals surface area (Å²) in [5.74, 6) is 0.922. The molecule has 2 rings (SSSR count). The van der Waals surface area contributed by atoms with Crippen molar-refractivity contribution in [3.05, 3.63) is 35.6 Å². The number of hydrogen-bond donors (Lipinski definition) is 2. The molecule has 2 atom stereocenters. The van der Waals surface area contributed by atoms with Crippen LogP contribution in [0.5, 0.6) is 0 Å². The second-order valence-electron chi connectivity index (χ2n) is 4.83. The first-order valence-corrected chi connectivity index (χ1v) is 6.52. The summed E-state index contributed by atoms with van der Waals surface area (Å²) in [6.07, 6.45) is -0.503. The van der Waals surface area contributed by atoms with Crippen LogP contribution in [-0.4, -0.2) is 31.5 Å². The highest BCUT2D eigenvalue weighted by Gasteiger charge is 2.16. The van der Waals surface area contributed by atoms with Gasteiger partial charge in [0.15, 0.2) is 0 Å². The van der Waals surface area contributed by atoms with Crippen molar-refractivity contribution >= 4 is 11.0 Å². The minimum atomic E-state index is -0.503. The second-order valence-corrected chi connectivity index (χ2v) is 4.83. The summed E-state index contributed by atoms with van der Waals surface area (Å²) in [5, 5.41) is 14.0. The number of hydrogen-bond acceptors (Lipinski definition) is 4. The minimum absolute atomic E-state index is 0.0545. The van der Waals surface area contributed by atoms with E-state index in [1.165, 1.54) is 0 Å². The summed E-state index contributed by atoms with van der Waals surface area (Å²) in [5.41, 5.74) is 2.05. The number of aliphatic hydroxyl groups excluding tert-OH is 1. The largest absolute Gasteiger partial charge is 0.459 e. The van der Waals surface area contributed by atoms with Crippen molar-refractivity contribution in [1.82, 2.24) is 5.32 Å². The summed E-state index contributed by atoms with van der Waals surface area (Å²) < 4.78 is 10.8. The molecule has 19 heavy (non-hydrogen) atoms. The van der Waals surface area contributed by atoms with Gasteiger partial charge in [0.1, 0.15) is 11.3 Å². The van der Waals surface area contributed by atoms with Gasteiger partial charge in [-0.2, -0.15) is 0 Å². The Kier molecular flexibility index (Phi) is 4.58. The molecule has 0 radical (unpaired) electrons. The monoisotopic (exact) mass is 263 g/mol. The van der Waals surface area contributed by atoms with E-state index in [4.69, 9.17) is 9.15 Å². The van der Waals surface area contributed by atoms with Gasteiger partial charge in [-0.05, 0) is 25.5 Å². The maximum Gasteiger partial charge on any atom is 0.134 e. The summed E-state index contributed by atoms with van der Waals surface area (Å²) >= 11 is 0. The van der Waals surface area contributed by atoms with Gasteiger partial charge in [-0.15, -0.1) is 0 Å². The fraction of sp³-hybridized carbons (Fsp3) is 0.467. The normalized spacial score (nSPS) is 14.7.